The number of hydrogen-bond donors (Lipinski definition) is 2. The van der Waals surface area contributed by atoms with Crippen LogP contribution < -0.4 is 10.6 Å². The van der Waals surface area contributed by atoms with E-state index in [2.05, 4.69) is 21.9 Å². The molecule has 134 valence electrons. The highest BCUT2D eigenvalue weighted by atomic mass is 32.2. The molecule has 0 aliphatic heterocycles. The van der Waals surface area contributed by atoms with Crippen LogP contribution in [0.1, 0.15) is 18.4 Å². The van der Waals surface area contributed by atoms with E-state index in [9.17, 15) is 10.1 Å². The van der Waals surface area contributed by atoms with Crippen molar-refractivity contribution in [2.75, 3.05) is 38.8 Å². The molecule has 0 saturated carbocycles. The number of aliphatic imine (C=N–C) groups is 1. The first kappa shape index (κ1) is 20.2. The first-order valence-corrected chi connectivity index (χ1v) is 9.30. The Morgan fingerprint density at radius 3 is 2.50 bits per heavy atom. The smallest absolute Gasteiger partial charge is 0.269 e. The lowest BCUT2D eigenvalue weighted by Crippen LogP contribution is -2.38. The quantitative estimate of drug-likeness (QED) is 0.209. The second kappa shape index (κ2) is 12.6. The predicted octanol–water partition coefficient (Wildman–Crippen LogP) is 2.42. The van der Waals surface area contributed by atoms with Crippen LogP contribution in [0.15, 0.2) is 29.3 Å². The van der Waals surface area contributed by atoms with Crippen molar-refractivity contribution in [3.05, 3.63) is 39.9 Å². The molecule has 2 N–H and O–H groups in total. The molecule has 0 saturated heterocycles. The lowest BCUT2D eigenvalue weighted by Gasteiger charge is -2.12. The Balaban J connectivity index is 2.55. The van der Waals surface area contributed by atoms with Gasteiger partial charge in [-0.05, 0) is 30.4 Å². The second-order valence-electron chi connectivity index (χ2n) is 5.13. The molecule has 0 aliphatic rings. The highest BCUT2D eigenvalue weighted by Crippen LogP contribution is 2.12. The average molecular weight is 354 g/mol. The summed E-state index contributed by atoms with van der Waals surface area (Å²) in [5.41, 5.74) is 1.03. The van der Waals surface area contributed by atoms with Crippen molar-refractivity contribution in [3.63, 3.8) is 0 Å². The molecule has 0 fully saturated rings. The standard InChI is InChI=1S/C16H26N4O3S/c1-23-11-3-9-17-16(18-10-4-12-24-2)19-13-14-5-7-15(8-6-14)20(21)22/h5-8H,3-4,9-13H2,1-2H3,(H2,17,18,19). The number of non-ortho nitro benzene ring substituents is 1. The number of guanidine groups is 1. The van der Waals surface area contributed by atoms with Crippen molar-refractivity contribution in [2.45, 2.75) is 19.4 Å². The third-order valence-corrected chi connectivity index (χ3v) is 3.90. The molecule has 1 aromatic rings. The molecule has 0 spiro atoms. The van der Waals surface area contributed by atoms with Crippen LogP contribution in [0.25, 0.3) is 0 Å². The van der Waals surface area contributed by atoms with E-state index in [1.165, 1.54) is 12.1 Å². The van der Waals surface area contributed by atoms with E-state index in [0.717, 1.165) is 43.2 Å². The molecule has 0 bridgehead atoms. The summed E-state index contributed by atoms with van der Waals surface area (Å²) in [5.74, 6) is 1.86. The minimum Gasteiger partial charge on any atom is -0.385 e. The Hall–Kier alpha value is -1.80. The van der Waals surface area contributed by atoms with Gasteiger partial charge in [0.05, 0.1) is 11.5 Å². The van der Waals surface area contributed by atoms with Crippen molar-refractivity contribution in [1.82, 2.24) is 10.6 Å². The summed E-state index contributed by atoms with van der Waals surface area (Å²) in [6.45, 7) is 2.81. The van der Waals surface area contributed by atoms with Crippen molar-refractivity contribution >= 4 is 23.4 Å². The van der Waals surface area contributed by atoms with Gasteiger partial charge in [-0.15, -0.1) is 0 Å². The van der Waals surface area contributed by atoms with Crippen LogP contribution in [0, 0.1) is 10.1 Å². The Kier molecular flexibility index (Phi) is 10.6. The molecule has 1 rings (SSSR count). The van der Waals surface area contributed by atoms with Crippen LogP contribution in [-0.2, 0) is 11.3 Å². The summed E-state index contributed by atoms with van der Waals surface area (Å²) in [4.78, 5) is 14.8. The third-order valence-electron chi connectivity index (χ3n) is 3.20. The fourth-order valence-electron chi connectivity index (χ4n) is 1.91. The highest BCUT2D eigenvalue weighted by molar-refractivity contribution is 7.98. The second-order valence-corrected chi connectivity index (χ2v) is 6.12. The van der Waals surface area contributed by atoms with Gasteiger partial charge < -0.3 is 15.4 Å². The van der Waals surface area contributed by atoms with Gasteiger partial charge in [-0.25, -0.2) is 4.99 Å². The average Bonchev–Trinajstić information content (AvgIpc) is 2.59. The van der Waals surface area contributed by atoms with Gasteiger partial charge in [-0.3, -0.25) is 10.1 Å². The first-order chi connectivity index (χ1) is 11.7. The van der Waals surface area contributed by atoms with Crippen LogP contribution >= 0.6 is 11.8 Å². The normalized spacial score (nSPS) is 11.3. The van der Waals surface area contributed by atoms with E-state index in [-0.39, 0.29) is 5.69 Å². The molecule has 0 amide bonds. The van der Waals surface area contributed by atoms with Crippen molar-refractivity contribution in [1.29, 1.82) is 0 Å². The molecular formula is C16H26N4O3S. The monoisotopic (exact) mass is 354 g/mol. The number of benzene rings is 1. The van der Waals surface area contributed by atoms with Gasteiger partial charge in [0.25, 0.3) is 5.69 Å². The molecular weight excluding hydrogens is 328 g/mol. The predicted molar refractivity (Wildman–Crippen MR) is 99.7 cm³/mol. The summed E-state index contributed by atoms with van der Waals surface area (Å²) in [6, 6.07) is 6.47. The molecule has 24 heavy (non-hydrogen) atoms. The van der Waals surface area contributed by atoms with Crippen LogP contribution in [-0.4, -0.2) is 49.7 Å². The number of thioether (sulfide) groups is 1. The van der Waals surface area contributed by atoms with E-state index in [1.54, 1.807) is 19.2 Å². The zero-order valence-corrected chi connectivity index (χ0v) is 15.1. The van der Waals surface area contributed by atoms with Gasteiger partial charge in [-0.2, -0.15) is 11.8 Å². The maximum Gasteiger partial charge on any atom is 0.269 e. The molecule has 1 aromatic carbocycles. The van der Waals surface area contributed by atoms with Crippen molar-refractivity contribution < 1.29 is 9.66 Å². The van der Waals surface area contributed by atoms with Gasteiger partial charge >= 0.3 is 0 Å². The number of methoxy groups -OCH3 is 1. The zero-order valence-electron chi connectivity index (χ0n) is 14.3. The Bertz CT molecular complexity index is 495. The number of nitro benzene ring substituents is 1. The summed E-state index contributed by atoms with van der Waals surface area (Å²) in [7, 11) is 1.68. The van der Waals surface area contributed by atoms with Crippen LogP contribution in [0.2, 0.25) is 0 Å². The SMILES string of the molecule is COCCCNC(=NCc1ccc([N+](=O)[O-])cc1)NCCCSC. The Labute approximate surface area is 147 Å². The van der Waals surface area contributed by atoms with Gasteiger partial charge in [0.15, 0.2) is 5.96 Å². The molecule has 0 atom stereocenters. The van der Waals surface area contributed by atoms with Gasteiger partial charge in [-0.1, -0.05) is 12.1 Å². The van der Waals surface area contributed by atoms with E-state index in [0.29, 0.717) is 13.2 Å². The van der Waals surface area contributed by atoms with Crippen LogP contribution in [0.3, 0.4) is 0 Å². The maximum absolute atomic E-state index is 10.7. The number of ether oxygens (including phenoxy) is 1. The Morgan fingerprint density at radius 1 is 1.25 bits per heavy atom. The van der Waals surface area contributed by atoms with Gasteiger partial charge in [0, 0.05) is 38.9 Å². The number of nitro groups is 1. The fraction of sp³-hybridized carbons (Fsp3) is 0.562. The van der Waals surface area contributed by atoms with Gasteiger partial charge in [0.2, 0.25) is 0 Å². The lowest BCUT2D eigenvalue weighted by atomic mass is 10.2. The third kappa shape index (κ3) is 8.73. The molecule has 0 aromatic heterocycles. The molecule has 0 unspecified atom stereocenters. The molecule has 8 heteroatoms. The topological polar surface area (TPSA) is 88.8 Å². The number of nitrogens with one attached hydrogen (secondary N) is 2. The minimum absolute atomic E-state index is 0.0934. The van der Waals surface area contributed by atoms with E-state index < -0.39 is 4.92 Å². The number of hydrogen-bond acceptors (Lipinski definition) is 5. The van der Waals surface area contributed by atoms with Gasteiger partial charge in [0.1, 0.15) is 0 Å². The van der Waals surface area contributed by atoms with E-state index in [4.69, 9.17) is 4.74 Å². The first-order valence-electron chi connectivity index (χ1n) is 7.90. The maximum atomic E-state index is 10.7. The summed E-state index contributed by atoms with van der Waals surface area (Å²) < 4.78 is 5.04. The van der Waals surface area contributed by atoms with Crippen LogP contribution in [0.5, 0.6) is 0 Å². The van der Waals surface area contributed by atoms with Crippen molar-refractivity contribution in [3.8, 4) is 0 Å². The number of rotatable bonds is 11. The molecule has 7 nitrogen and oxygen atoms in total. The summed E-state index contributed by atoms with van der Waals surface area (Å²) >= 11 is 1.82. The summed E-state index contributed by atoms with van der Waals surface area (Å²) in [5, 5.41) is 17.3. The minimum atomic E-state index is -0.400. The van der Waals surface area contributed by atoms with E-state index in [1.807, 2.05) is 11.8 Å². The van der Waals surface area contributed by atoms with Crippen molar-refractivity contribution in [2.24, 2.45) is 4.99 Å². The van der Waals surface area contributed by atoms with Crippen LogP contribution in [0.4, 0.5) is 5.69 Å². The van der Waals surface area contributed by atoms with E-state index >= 15 is 0 Å². The highest BCUT2D eigenvalue weighted by Gasteiger charge is 2.04. The Morgan fingerprint density at radius 2 is 1.92 bits per heavy atom. The largest absolute Gasteiger partial charge is 0.385 e. The zero-order chi connectivity index (χ0) is 17.6. The lowest BCUT2D eigenvalue weighted by molar-refractivity contribution is -0.384. The molecule has 0 radical (unpaired) electrons. The molecule has 0 heterocycles. The fourth-order valence-corrected chi connectivity index (χ4v) is 2.35. The summed E-state index contributed by atoms with van der Waals surface area (Å²) in [6.07, 6.45) is 4.06. The number of nitrogens with zero attached hydrogens (tertiary/aromatic N) is 2. The molecule has 0 aliphatic carbocycles.